The van der Waals surface area contributed by atoms with Crippen LogP contribution in [0.1, 0.15) is 43.5 Å². The quantitative estimate of drug-likeness (QED) is 0.871. The molecule has 2 fully saturated rings. The first-order valence-electron chi connectivity index (χ1n) is 9.32. The molecule has 0 unspecified atom stereocenters. The number of nitrogens with zero attached hydrogens (tertiary/aromatic N) is 5. The topological polar surface area (TPSA) is 80.8 Å². The van der Waals surface area contributed by atoms with E-state index in [-0.39, 0.29) is 0 Å². The number of nitrogens with two attached hydrogens (primary N) is 1. The van der Waals surface area contributed by atoms with Gasteiger partial charge < -0.3 is 10.6 Å². The molecule has 1 aliphatic carbocycles. The van der Waals surface area contributed by atoms with Crippen molar-refractivity contribution in [2.24, 2.45) is 11.1 Å². The van der Waals surface area contributed by atoms with Gasteiger partial charge in [-0.3, -0.25) is 0 Å². The minimum atomic E-state index is 0.356. The molecule has 1 spiro atoms. The van der Waals surface area contributed by atoms with Crippen LogP contribution < -0.4 is 10.6 Å². The number of aromatic nitrogens is 4. The summed E-state index contributed by atoms with van der Waals surface area (Å²) in [5.74, 6) is 0.937. The molecular formula is C19H25ClN6. The first-order valence-corrected chi connectivity index (χ1v) is 9.70. The summed E-state index contributed by atoms with van der Waals surface area (Å²) in [5, 5.41) is 0.390. The zero-order chi connectivity index (χ0) is 18.3. The van der Waals surface area contributed by atoms with Crippen molar-refractivity contribution in [2.45, 2.75) is 52.0 Å². The molecule has 2 aromatic heterocycles. The van der Waals surface area contributed by atoms with E-state index in [0.29, 0.717) is 16.6 Å². The largest absolute Gasteiger partial charge is 0.355 e. The van der Waals surface area contributed by atoms with E-state index >= 15 is 0 Å². The Bertz CT molecular complexity index is 816. The van der Waals surface area contributed by atoms with E-state index in [9.17, 15) is 0 Å². The van der Waals surface area contributed by atoms with Crippen molar-refractivity contribution in [1.29, 1.82) is 0 Å². The molecule has 2 N–H and O–H groups in total. The molecule has 1 saturated heterocycles. The van der Waals surface area contributed by atoms with Gasteiger partial charge in [0, 0.05) is 19.1 Å². The van der Waals surface area contributed by atoms with E-state index in [0.717, 1.165) is 54.5 Å². The third-order valence-electron chi connectivity index (χ3n) is 6.14. The molecular weight excluding hydrogens is 348 g/mol. The van der Waals surface area contributed by atoms with Crippen molar-refractivity contribution in [3.05, 3.63) is 28.9 Å². The van der Waals surface area contributed by atoms with E-state index in [1.54, 1.807) is 6.20 Å². The van der Waals surface area contributed by atoms with Gasteiger partial charge in [-0.05, 0) is 44.9 Å². The van der Waals surface area contributed by atoms with Crippen LogP contribution in [0.15, 0.2) is 12.4 Å². The molecule has 0 bridgehead atoms. The lowest BCUT2D eigenvalue weighted by Gasteiger charge is -2.42. The Kier molecular flexibility index (Phi) is 4.57. The third kappa shape index (κ3) is 3.05. The number of aryl methyl sites for hydroxylation is 2. The molecule has 0 aromatic carbocycles. The molecule has 1 atom stereocenters. The molecule has 1 aliphatic heterocycles. The van der Waals surface area contributed by atoms with Gasteiger partial charge in [-0.1, -0.05) is 18.0 Å². The molecule has 1 saturated carbocycles. The van der Waals surface area contributed by atoms with Crippen molar-refractivity contribution in [1.82, 2.24) is 19.9 Å². The van der Waals surface area contributed by atoms with E-state index in [4.69, 9.17) is 22.3 Å². The predicted octanol–water partition coefficient (Wildman–Crippen LogP) is 3.30. The summed E-state index contributed by atoms with van der Waals surface area (Å²) in [6.45, 7) is 5.86. The minimum Gasteiger partial charge on any atom is -0.355 e. The highest BCUT2D eigenvalue weighted by Crippen LogP contribution is 2.45. The lowest BCUT2D eigenvalue weighted by atomic mass is 9.74. The number of piperidine rings is 1. The summed E-state index contributed by atoms with van der Waals surface area (Å²) in [7, 11) is 0. The third-order valence-corrected chi connectivity index (χ3v) is 6.32. The summed E-state index contributed by atoms with van der Waals surface area (Å²) in [6.07, 6.45) is 9.43. The Morgan fingerprint density at radius 2 is 1.69 bits per heavy atom. The molecule has 0 radical (unpaired) electrons. The molecule has 4 rings (SSSR count). The summed E-state index contributed by atoms with van der Waals surface area (Å²) in [4.78, 5) is 20.4. The monoisotopic (exact) mass is 372 g/mol. The number of halogens is 1. The fourth-order valence-corrected chi connectivity index (χ4v) is 4.68. The van der Waals surface area contributed by atoms with E-state index < -0.39 is 0 Å². The van der Waals surface area contributed by atoms with Crippen LogP contribution in [0.4, 0.5) is 5.82 Å². The molecule has 7 heteroatoms. The lowest BCUT2D eigenvalue weighted by Crippen LogP contribution is -2.47. The van der Waals surface area contributed by atoms with Gasteiger partial charge in [0.1, 0.15) is 22.4 Å². The smallest absolute Gasteiger partial charge is 0.147 e. The number of rotatable bonds is 2. The summed E-state index contributed by atoms with van der Waals surface area (Å²) in [6, 6.07) is 0.367. The van der Waals surface area contributed by atoms with Crippen molar-refractivity contribution in [2.75, 3.05) is 18.0 Å². The van der Waals surface area contributed by atoms with Crippen LogP contribution in [-0.2, 0) is 0 Å². The first-order chi connectivity index (χ1) is 12.5. The van der Waals surface area contributed by atoms with Gasteiger partial charge >= 0.3 is 0 Å². The molecule has 2 aromatic rings. The second kappa shape index (κ2) is 6.74. The Morgan fingerprint density at radius 1 is 1.04 bits per heavy atom. The van der Waals surface area contributed by atoms with Crippen molar-refractivity contribution in [3.8, 4) is 11.4 Å². The maximum absolute atomic E-state index is 6.39. The number of hydrogen-bond acceptors (Lipinski definition) is 6. The highest BCUT2D eigenvalue weighted by atomic mass is 35.5. The SMILES string of the molecule is Cc1nc(Cl)cnc1-c1ncc(N2CCC3(CCC[C@H]3N)CC2)nc1C. The van der Waals surface area contributed by atoms with Gasteiger partial charge in [-0.15, -0.1) is 0 Å². The van der Waals surface area contributed by atoms with Crippen LogP contribution in [0.2, 0.25) is 5.15 Å². The molecule has 2 aliphatic rings. The van der Waals surface area contributed by atoms with Crippen LogP contribution >= 0.6 is 11.6 Å². The van der Waals surface area contributed by atoms with Gasteiger partial charge in [0.25, 0.3) is 0 Å². The van der Waals surface area contributed by atoms with Gasteiger partial charge in [0.2, 0.25) is 0 Å². The molecule has 0 amide bonds. The van der Waals surface area contributed by atoms with Crippen molar-refractivity contribution < 1.29 is 0 Å². The second-order valence-corrected chi connectivity index (χ2v) is 8.02. The summed E-state index contributed by atoms with van der Waals surface area (Å²) in [5.41, 5.74) is 9.87. The highest BCUT2D eigenvalue weighted by molar-refractivity contribution is 6.29. The van der Waals surface area contributed by atoms with Crippen molar-refractivity contribution in [3.63, 3.8) is 0 Å². The Hall–Kier alpha value is -1.79. The van der Waals surface area contributed by atoms with Crippen LogP contribution in [0, 0.1) is 19.3 Å². The number of hydrogen-bond donors (Lipinski definition) is 1. The van der Waals surface area contributed by atoms with E-state index in [2.05, 4.69) is 19.9 Å². The van der Waals surface area contributed by atoms with Gasteiger partial charge in [-0.25, -0.2) is 19.9 Å². The fourth-order valence-electron chi connectivity index (χ4n) is 4.51. The molecule has 26 heavy (non-hydrogen) atoms. The molecule has 3 heterocycles. The highest BCUT2D eigenvalue weighted by Gasteiger charge is 2.43. The average Bonchev–Trinajstić information content (AvgIpc) is 2.96. The fraction of sp³-hybridized carbons (Fsp3) is 0.579. The van der Waals surface area contributed by atoms with Crippen LogP contribution in [0.5, 0.6) is 0 Å². The maximum Gasteiger partial charge on any atom is 0.147 e. The van der Waals surface area contributed by atoms with Crippen molar-refractivity contribution >= 4 is 17.4 Å². The Labute approximate surface area is 159 Å². The molecule has 6 nitrogen and oxygen atoms in total. The Balaban J connectivity index is 1.53. The van der Waals surface area contributed by atoms with E-state index in [1.807, 2.05) is 20.0 Å². The van der Waals surface area contributed by atoms with Crippen LogP contribution in [0.3, 0.4) is 0 Å². The standard InChI is InChI=1S/C19H25ClN6/c1-12-17(22-10-15(20)24-12)18-13(2)25-16(11-23-18)26-8-6-19(7-9-26)5-3-4-14(19)21/h10-11,14H,3-9,21H2,1-2H3/t14-/m1/s1. The minimum absolute atomic E-state index is 0.356. The van der Waals surface area contributed by atoms with Crippen LogP contribution in [0.25, 0.3) is 11.4 Å². The molecule has 138 valence electrons. The van der Waals surface area contributed by atoms with Crippen LogP contribution in [-0.4, -0.2) is 39.1 Å². The van der Waals surface area contributed by atoms with Gasteiger partial charge in [0.05, 0.1) is 23.8 Å². The summed E-state index contributed by atoms with van der Waals surface area (Å²) >= 11 is 5.91. The second-order valence-electron chi connectivity index (χ2n) is 7.64. The average molecular weight is 373 g/mol. The first kappa shape index (κ1) is 17.6. The normalized spacial score (nSPS) is 22.2. The van der Waals surface area contributed by atoms with Gasteiger partial charge in [-0.2, -0.15) is 0 Å². The zero-order valence-corrected chi connectivity index (χ0v) is 16.1. The Morgan fingerprint density at radius 3 is 2.27 bits per heavy atom. The van der Waals surface area contributed by atoms with E-state index in [1.165, 1.54) is 19.3 Å². The number of anilines is 1. The predicted molar refractivity (Wildman–Crippen MR) is 103 cm³/mol. The maximum atomic E-state index is 6.39. The van der Waals surface area contributed by atoms with Gasteiger partial charge in [0.15, 0.2) is 0 Å². The lowest BCUT2D eigenvalue weighted by molar-refractivity contribution is 0.197. The summed E-state index contributed by atoms with van der Waals surface area (Å²) < 4.78 is 0. The zero-order valence-electron chi connectivity index (χ0n) is 15.4.